The second-order valence-corrected chi connectivity index (χ2v) is 5.51. The van der Waals surface area contributed by atoms with Crippen LogP contribution >= 0.6 is 0 Å². The summed E-state index contributed by atoms with van der Waals surface area (Å²) in [6.07, 6.45) is 6.54. The van der Waals surface area contributed by atoms with E-state index in [4.69, 9.17) is 5.11 Å². The van der Waals surface area contributed by atoms with Gasteiger partial charge in [-0.25, -0.2) is 0 Å². The molecule has 1 aromatic carbocycles. The second kappa shape index (κ2) is 6.71. The Morgan fingerprint density at radius 3 is 2.47 bits per heavy atom. The van der Waals surface area contributed by atoms with Gasteiger partial charge in [-0.05, 0) is 43.4 Å². The molecule has 1 unspecified atom stereocenters. The summed E-state index contributed by atoms with van der Waals surface area (Å²) in [6.45, 7) is 1.75. The van der Waals surface area contributed by atoms with Gasteiger partial charge in [0.1, 0.15) is 0 Å². The molecule has 104 valence electrons. The quantitative estimate of drug-likeness (QED) is 0.875. The molecule has 1 aromatic rings. The van der Waals surface area contributed by atoms with E-state index < -0.39 is 0 Å². The molecule has 1 fully saturated rings. The van der Waals surface area contributed by atoms with Gasteiger partial charge in [-0.2, -0.15) is 0 Å². The molecule has 1 aliphatic rings. The lowest BCUT2D eigenvalue weighted by molar-refractivity contribution is 0.0922. The van der Waals surface area contributed by atoms with Crippen LogP contribution in [0.4, 0.5) is 0 Å². The van der Waals surface area contributed by atoms with Crippen molar-refractivity contribution in [1.29, 1.82) is 0 Å². The Morgan fingerprint density at radius 2 is 1.89 bits per heavy atom. The van der Waals surface area contributed by atoms with Gasteiger partial charge in [-0.15, -0.1) is 0 Å². The van der Waals surface area contributed by atoms with Crippen LogP contribution in [0.3, 0.4) is 0 Å². The molecule has 0 saturated heterocycles. The highest BCUT2D eigenvalue weighted by Crippen LogP contribution is 2.32. The van der Waals surface area contributed by atoms with Crippen molar-refractivity contribution in [2.24, 2.45) is 0 Å². The van der Waals surface area contributed by atoms with E-state index in [1.165, 1.54) is 37.7 Å². The van der Waals surface area contributed by atoms with Gasteiger partial charge in [0.2, 0.25) is 0 Å². The van der Waals surface area contributed by atoms with Gasteiger partial charge in [0.25, 0.3) is 5.91 Å². The first-order valence-electron chi connectivity index (χ1n) is 7.22. The summed E-state index contributed by atoms with van der Waals surface area (Å²) in [5.74, 6) is 0.555. The van der Waals surface area contributed by atoms with Crippen LogP contribution in [0.5, 0.6) is 0 Å². The molecule has 0 bridgehead atoms. The zero-order valence-corrected chi connectivity index (χ0v) is 11.6. The third kappa shape index (κ3) is 3.80. The highest BCUT2D eigenvalue weighted by Gasteiger charge is 2.16. The molecule has 3 nitrogen and oxygen atoms in total. The van der Waals surface area contributed by atoms with E-state index in [9.17, 15) is 4.79 Å². The molecule has 1 atom stereocenters. The molecular weight excluding hydrogens is 238 g/mol. The van der Waals surface area contributed by atoms with E-state index in [1.54, 1.807) is 6.92 Å². The number of amides is 1. The maximum absolute atomic E-state index is 11.9. The van der Waals surface area contributed by atoms with Crippen molar-refractivity contribution in [3.05, 3.63) is 35.4 Å². The number of hydrogen-bond acceptors (Lipinski definition) is 2. The lowest BCUT2D eigenvalue weighted by Gasteiger charge is -2.22. The molecule has 0 heterocycles. The summed E-state index contributed by atoms with van der Waals surface area (Å²) in [7, 11) is 0. The Balaban J connectivity index is 1.99. The number of hydrogen-bond donors (Lipinski definition) is 2. The van der Waals surface area contributed by atoms with Crippen molar-refractivity contribution in [3.8, 4) is 0 Å². The van der Waals surface area contributed by atoms with E-state index in [-0.39, 0.29) is 18.6 Å². The minimum Gasteiger partial charge on any atom is -0.394 e. The van der Waals surface area contributed by atoms with E-state index >= 15 is 0 Å². The summed E-state index contributed by atoms with van der Waals surface area (Å²) in [6, 6.07) is 7.74. The molecule has 1 saturated carbocycles. The Bertz CT molecular complexity index is 407. The van der Waals surface area contributed by atoms with E-state index in [0.29, 0.717) is 11.5 Å². The van der Waals surface area contributed by atoms with Gasteiger partial charge >= 0.3 is 0 Å². The molecule has 0 radical (unpaired) electrons. The molecule has 2 rings (SSSR count). The molecule has 0 spiro atoms. The largest absolute Gasteiger partial charge is 0.394 e. The standard InChI is InChI=1S/C16H23NO2/c1-12(11-18)17-16(19)15-9-7-14(8-10-15)13-5-3-2-4-6-13/h7-10,12-13,18H,2-6,11H2,1H3,(H,17,19). The monoisotopic (exact) mass is 261 g/mol. The minimum absolute atomic E-state index is 0.0358. The van der Waals surface area contributed by atoms with Crippen LogP contribution in [0, 0.1) is 0 Å². The first kappa shape index (κ1) is 14.1. The van der Waals surface area contributed by atoms with Crippen molar-refractivity contribution in [1.82, 2.24) is 5.32 Å². The fraction of sp³-hybridized carbons (Fsp3) is 0.562. The average molecular weight is 261 g/mol. The molecule has 3 heteroatoms. The fourth-order valence-electron chi connectivity index (χ4n) is 2.70. The summed E-state index contributed by atoms with van der Waals surface area (Å²) >= 11 is 0. The Morgan fingerprint density at radius 1 is 1.26 bits per heavy atom. The van der Waals surface area contributed by atoms with Crippen LogP contribution in [0.25, 0.3) is 0 Å². The first-order valence-corrected chi connectivity index (χ1v) is 7.22. The smallest absolute Gasteiger partial charge is 0.251 e. The molecule has 19 heavy (non-hydrogen) atoms. The second-order valence-electron chi connectivity index (χ2n) is 5.51. The predicted octanol–water partition coefficient (Wildman–Crippen LogP) is 2.84. The predicted molar refractivity (Wildman–Crippen MR) is 76.3 cm³/mol. The summed E-state index contributed by atoms with van der Waals surface area (Å²) in [4.78, 5) is 11.9. The third-order valence-corrected chi connectivity index (χ3v) is 3.90. The number of aliphatic hydroxyl groups excluding tert-OH is 1. The minimum atomic E-state index is -0.203. The van der Waals surface area contributed by atoms with Crippen molar-refractivity contribution in [3.63, 3.8) is 0 Å². The summed E-state index contributed by atoms with van der Waals surface area (Å²) < 4.78 is 0. The highest BCUT2D eigenvalue weighted by molar-refractivity contribution is 5.94. The number of nitrogens with one attached hydrogen (secondary N) is 1. The van der Waals surface area contributed by atoms with Gasteiger partial charge in [0.15, 0.2) is 0 Å². The average Bonchev–Trinajstić information content (AvgIpc) is 2.48. The van der Waals surface area contributed by atoms with Gasteiger partial charge in [-0.3, -0.25) is 4.79 Å². The Labute approximate surface area is 115 Å². The van der Waals surface area contributed by atoms with Crippen LogP contribution in [-0.2, 0) is 0 Å². The van der Waals surface area contributed by atoms with E-state index in [1.807, 2.05) is 12.1 Å². The number of rotatable bonds is 4. The normalized spacial score (nSPS) is 18.0. The molecule has 1 aliphatic carbocycles. The topological polar surface area (TPSA) is 49.3 Å². The Hall–Kier alpha value is -1.35. The maximum atomic E-state index is 11.9. The molecular formula is C16H23NO2. The van der Waals surface area contributed by atoms with Gasteiger partial charge in [0.05, 0.1) is 6.61 Å². The molecule has 1 amide bonds. The Kier molecular flexibility index (Phi) is 4.97. The lowest BCUT2D eigenvalue weighted by Crippen LogP contribution is -2.34. The molecule has 0 aliphatic heterocycles. The fourth-order valence-corrected chi connectivity index (χ4v) is 2.70. The van der Waals surface area contributed by atoms with Gasteiger partial charge < -0.3 is 10.4 Å². The number of carbonyl (C=O) groups is 1. The van der Waals surface area contributed by atoms with Crippen LogP contribution < -0.4 is 5.32 Å². The molecule has 2 N–H and O–H groups in total. The maximum Gasteiger partial charge on any atom is 0.251 e. The molecule has 0 aromatic heterocycles. The first-order chi connectivity index (χ1) is 9.20. The number of carbonyl (C=O) groups excluding carboxylic acids is 1. The van der Waals surface area contributed by atoms with Crippen LogP contribution in [-0.4, -0.2) is 23.7 Å². The third-order valence-electron chi connectivity index (χ3n) is 3.90. The van der Waals surface area contributed by atoms with Crippen molar-refractivity contribution >= 4 is 5.91 Å². The zero-order chi connectivity index (χ0) is 13.7. The van der Waals surface area contributed by atoms with Crippen LogP contribution in [0.1, 0.15) is 60.9 Å². The van der Waals surface area contributed by atoms with E-state index in [2.05, 4.69) is 17.4 Å². The number of benzene rings is 1. The van der Waals surface area contributed by atoms with Crippen molar-refractivity contribution in [2.45, 2.75) is 51.0 Å². The lowest BCUT2D eigenvalue weighted by atomic mass is 9.84. The van der Waals surface area contributed by atoms with Gasteiger partial charge in [0, 0.05) is 11.6 Å². The van der Waals surface area contributed by atoms with Crippen LogP contribution in [0.2, 0.25) is 0 Å². The van der Waals surface area contributed by atoms with Crippen LogP contribution in [0.15, 0.2) is 24.3 Å². The van der Waals surface area contributed by atoms with Crippen molar-refractivity contribution in [2.75, 3.05) is 6.61 Å². The zero-order valence-electron chi connectivity index (χ0n) is 11.6. The summed E-state index contributed by atoms with van der Waals surface area (Å²) in [5, 5.41) is 11.7. The van der Waals surface area contributed by atoms with E-state index in [0.717, 1.165) is 0 Å². The SMILES string of the molecule is CC(CO)NC(=O)c1ccc(C2CCCCC2)cc1. The van der Waals surface area contributed by atoms with Gasteiger partial charge in [-0.1, -0.05) is 31.4 Å². The number of aliphatic hydroxyl groups is 1. The van der Waals surface area contributed by atoms with Crippen molar-refractivity contribution < 1.29 is 9.90 Å². The summed E-state index contributed by atoms with van der Waals surface area (Å²) in [5.41, 5.74) is 2.02. The highest BCUT2D eigenvalue weighted by atomic mass is 16.3.